The number of nitrogens with zero attached hydrogens (tertiary/aromatic N) is 3. The Morgan fingerprint density at radius 1 is 1.12 bits per heavy atom. The Kier molecular flexibility index (Phi) is 11.7. The molecule has 7 nitrogen and oxygen atoms in total. The van der Waals surface area contributed by atoms with Crippen LogP contribution in [0.15, 0.2) is 64.7 Å². The van der Waals surface area contributed by atoms with Crippen molar-refractivity contribution < 1.29 is 22.8 Å². The number of thioether (sulfide) groups is 2. The number of benzene rings is 2. The van der Waals surface area contributed by atoms with E-state index in [4.69, 9.17) is 0 Å². The third-order valence-corrected chi connectivity index (χ3v) is 7.72. The van der Waals surface area contributed by atoms with E-state index in [1.165, 1.54) is 35.0 Å². The monoisotopic (exact) mass is 591 g/mol. The molecule has 2 N–H and O–H groups in total. The number of rotatable bonds is 13. The van der Waals surface area contributed by atoms with E-state index in [1.54, 1.807) is 32.1 Å². The van der Waals surface area contributed by atoms with Crippen LogP contribution in [0.2, 0.25) is 0 Å². The van der Waals surface area contributed by atoms with E-state index >= 15 is 0 Å². The lowest BCUT2D eigenvalue weighted by Gasteiger charge is -2.24. The fraction of sp³-hybridized carbons (Fsp3) is 0.357. The predicted octanol–water partition coefficient (Wildman–Crippen LogP) is 6.16. The molecule has 40 heavy (non-hydrogen) atoms. The van der Waals surface area contributed by atoms with E-state index in [0.717, 1.165) is 23.1 Å². The topological polar surface area (TPSA) is 86.7 Å². The van der Waals surface area contributed by atoms with Crippen molar-refractivity contribution in [3.63, 3.8) is 0 Å². The molecular formula is C28H32F3N5O2S2. The second kappa shape index (κ2) is 14.9. The van der Waals surface area contributed by atoms with Gasteiger partial charge in [-0.3, -0.25) is 14.6 Å². The molecule has 1 atom stereocenters. The Morgan fingerprint density at radius 3 is 2.55 bits per heavy atom. The van der Waals surface area contributed by atoms with Crippen LogP contribution in [0.1, 0.15) is 35.2 Å². The summed E-state index contributed by atoms with van der Waals surface area (Å²) in [6, 6.07) is 12.6. The number of anilines is 1. The van der Waals surface area contributed by atoms with Crippen molar-refractivity contribution >= 4 is 58.1 Å². The molecule has 0 spiro atoms. The van der Waals surface area contributed by atoms with Gasteiger partial charge in [0, 0.05) is 55.0 Å². The number of hydrogen-bond donors (Lipinski definition) is 2. The van der Waals surface area contributed by atoms with Gasteiger partial charge < -0.3 is 10.2 Å². The number of amides is 2. The van der Waals surface area contributed by atoms with Gasteiger partial charge >= 0.3 is 6.18 Å². The van der Waals surface area contributed by atoms with Crippen molar-refractivity contribution in [2.75, 3.05) is 37.2 Å². The zero-order valence-corrected chi connectivity index (χ0v) is 24.1. The van der Waals surface area contributed by atoms with Gasteiger partial charge in [-0.2, -0.15) is 30.0 Å². The minimum atomic E-state index is -4.70. The van der Waals surface area contributed by atoms with Gasteiger partial charge in [0.2, 0.25) is 5.91 Å². The highest BCUT2D eigenvalue weighted by molar-refractivity contribution is 7.99. The van der Waals surface area contributed by atoms with E-state index in [0.29, 0.717) is 12.2 Å². The first-order valence-corrected chi connectivity index (χ1v) is 14.9. The number of pyridine rings is 1. The van der Waals surface area contributed by atoms with E-state index in [1.807, 2.05) is 36.6 Å². The maximum atomic E-state index is 14.2. The Bertz CT molecular complexity index is 1320. The lowest BCUT2D eigenvalue weighted by molar-refractivity contribution is -0.136. The van der Waals surface area contributed by atoms with Crippen LogP contribution < -0.4 is 10.7 Å². The standard InChI is InChI=1S/C28H32F3N5O2S2/c1-36(2)24(37)16-19(18-40-20-10-5-4-6-11-20)34-26-21(27(38)35-33-14-7-8-15-39-3)17-32-23-13-9-12-22(25(23)26)28(29,30)31/h4-6,9-14,17,19H,7-8,15-16,18H2,1-3H3,(H,32,34)(H,35,38)/b33-14+. The summed E-state index contributed by atoms with van der Waals surface area (Å²) in [6.07, 6.45) is 1.61. The number of nitrogens with one attached hydrogen (secondary N) is 2. The summed E-state index contributed by atoms with van der Waals surface area (Å²) in [5, 5.41) is 6.86. The number of aromatic nitrogens is 1. The SMILES string of the molecule is CSCCC/C=N/NC(=O)c1cnc2cccc(C(F)(F)F)c2c1NC(CSc1ccccc1)CC(=O)N(C)C. The number of fused-ring (bicyclic) bond motifs is 1. The van der Waals surface area contributed by atoms with Crippen LogP contribution >= 0.6 is 23.5 Å². The molecule has 0 bridgehead atoms. The number of hydrogen-bond acceptors (Lipinski definition) is 7. The minimum absolute atomic E-state index is 0.000509. The van der Waals surface area contributed by atoms with Crippen molar-refractivity contribution in [1.82, 2.24) is 15.3 Å². The molecule has 3 aromatic rings. The Hall–Kier alpha value is -3.25. The predicted molar refractivity (Wildman–Crippen MR) is 158 cm³/mol. The maximum absolute atomic E-state index is 14.2. The second-order valence-corrected chi connectivity index (χ2v) is 11.2. The number of alkyl halides is 3. The summed E-state index contributed by atoms with van der Waals surface area (Å²) in [6.45, 7) is 0. The number of unbranched alkanes of at least 4 members (excludes halogenated alkanes) is 1. The zero-order chi connectivity index (χ0) is 29.1. The highest BCUT2D eigenvalue weighted by Crippen LogP contribution is 2.39. The molecule has 3 rings (SSSR count). The third-order valence-electron chi connectivity index (χ3n) is 5.85. The van der Waals surface area contributed by atoms with Gasteiger partial charge in [0.05, 0.1) is 22.3 Å². The van der Waals surface area contributed by atoms with Gasteiger partial charge in [-0.25, -0.2) is 5.43 Å². The third kappa shape index (κ3) is 8.88. The Morgan fingerprint density at radius 2 is 1.88 bits per heavy atom. The molecule has 0 saturated carbocycles. The molecule has 0 aliphatic rings. The van der Waals surface area contributed by atoms with Crippen LogP contribution in [0.3, 0.4) is 0 Å². The van der Waals surface area contributed by atoms with Crippen molar-refractivity contribution in [2.24, 2.45) is 5.10 Å². The van der Waals surface area contributed by atoms with E-state index in [-0.39, 0.29) is 34.5 Å². The van der Waals surface area contributed by atoms with Crippen molar-refractivity contribution in [3.05, 3.63) is 65.9 Å². The van der Waals surface area contributed by atoms with Crippen LogP contribution in [-0.4, -0.2) is 65.8 Å². The molecule has 0 saturated heterocycles. The highest BCUT2D eigenvalue weighted by atomic mass is 32.2. The molecule has 2 aromatic carbocycles. The quantitative estimate of drug-likeness (QED) is 0.107. The first-order chi connectivity index (χ1) is 19.1. The van der Waals surface area contributed by atoms with Gasteiger partial charge in [0.1, 0.15) is 0 Å². The summed E-state index contributed by atoms with van der Waals surface area (Å²) >= 11 is 3.15. The minimum Gasteiger partial charge on any atom is -0.380 e. The number of carbonyl (C=O) groups is 2. The van der Waals surface area contributed by atoms with E-state index < -0.39 is 23.7 Å². The average Bonchev–Trinajstić information content (AvgIpc) is 2.93. The molecule has 1 unspecified atom stereocenters. The molecule has 0 fully saturated rings. The average molecular weight is 592 g/mol. The number of halogens is 3. The van der Waals surface area contributed by atoms with Crippen LogP contribution in [0.25, 0.3) is 10.9 Å². The Balaban J connectivity index is 2.04. The summed E-state index contributed by atoms with van der Waals surface area (Å²) in [5.74, 6) is 0.387. The van der Waals surface area contributed by atoms with Gasteiger partial charge in [0.15, 0.2) is 0 Å². The van der Waals surface area contributed by atoms with Gasteiger partial charge in [-0.15, -0.1) is 11.8 Å². The summed E-state index contributed by atoms with van der Waals surface area (Å²) < 4.78 is 42.5. The van der Waals surface area contributed by atoms with Crippen molar-refractivity contribution in [2.45, 2.75) is 36.4 Å². The number of carbonyl (C=O) groups excluding carboxylic acids is 2. The normalized spacial score (nSPS) is 12.4. The molecule has 214 valence electrons. The van der Waals surface area contributed by atoms with Crippen molar-refractivity contribution in [3.8, 4) is 0 Å². The summed E-state index contributed by atoms with van der Waals surface area (Å²) in [5.41, 5.74) is 1.41. The first kappa shape index (κ1) is 31.3. The summed E-state index contributed by atoms with van der Waals surface area (Å²) in [7, 11) is 3.23. The smallest absolute Gasteiger partial charge is 0.380 e. The lowest BCUT2D eigenvalue weighted by atomic mass is 10.0. The molecule has 1 heterocycles. The van der Waals surface area contributed by atoms with Gasteiger partial charge in [-0.05, 0) is 49.1 Å². The molecule has 0 aliphatic carbocycles. The zero-order valence-electron chi connectivity index (χ0n) is 22.5. The molecule has 1 aromatic heterocycles. The molecule has 2 amide bonds. The maximum Gasteiger partial charge on any atom is 0.417 e. The Labute approximate surface area is 240 Å². The highest BCUT2D eigenvalue weighted by Gasteiger charge is 2.35. The first-order valence-electron chi connectivity index (χ1n) is 12.6. The lowest BCUT2D eigenvalue weighted by Crippen LogP contribution is -2.33. The van der Waals surface area contributed by atoms with Gasteiger partial charge in [-0.1, -0.05) is 24.3 Å². The molecule has 12 heteroatoms. The molecule has 0 aliphatic heterocycles. The van der Waals surface area contributed by atoms with E-state index in [2.05, 4.69) is 20.8 Å². The van der Waals surface area contributed by atoms with Gasteiger partial charge in [0.25, 0.3) is 5.91 Å². The van der Waals surface area contributed by atoms with Crippen LogP contribution in [-0.2, 0) is 11.0 Å². The van der Waals surface area contributed by atoms with Crippen molar-refractivity contribution in [1.29, 1.82) is 0 Å². The van der Waals surface area contributed by atoms with Crippen LogP contribution in [0, 0.1) is 0 Å². The molecular weight excluding hydrogens is 559 g/mol. The molecule has 0 radical (unpaired) electrons. The largest absolute Gasteiger partial charge is 0.417 e. The van der Waals surface area contributed by atoms with E-state index in [9.17, 15) is 22.8 Å². The van der Waals surface area contributed by atoms with Crippen LogP contribution in [0.4, 0.5) is 18.9 Å². The number of hydrazone groups is 1. The second-order valence-electron chi connectivity index (χ2n) is 9.09. The fourth-order valence-electron chi connectivity index (χ4n) is 3.81. The fourth-order valence-corrected chi connectivity index (χ4v) is 5.21. The summed E-state index contributed by atoms with van der Waals surface area (Å²) in [4.78, 5) is 32.4. The van der Waals surface area contributed by atoms with Crippen LogP contribution in [0.5, 0.6) is 0 Å².